The number of hydrogen-bond acceptors (Lipinski definition) is 4. The van der Waals surface area contributed by atoms with Crippen molar-refractivity contribution < 1.29 is 4.74 Å². The van der Waals surface area contributed by atoms with Crippen LogP contribution in [0.15, 0.2) is 23.6 Å². The van der Waals surface area contributed by atoms with Crippen molar-refractivity contribution in [3.63, 3.8) is 0 Å². The van der Waals surface area contributed by atoms with E-state index in [0.717, 1.165) is 34.1 Å². The molecule has 0 saturated heterocycles. The average Bonchev–Trinajstić information content (AvgIpc) is 2.81. The maximum absolute atomic E-state index is 5.54. The fourth-order valence-corrected chi connectivity index (χ4v) is 2.62. The average molecular weight is 262 g/mol. The van der Waals surface area contributed by atoms with Crippen molar-refractivity contribution in [2.24, 2.45) is 0 Å². The van der Waals surface area contributed by atoms with Gasteiger partial charge < -0.3 is 10.1 Å². The highest BCUT2D eigenvalue weighted by Crippen LogP contribution is 2.27. The molecule has 0 bridgehead atoms. The van der Waals surface area contributed by atoms with Crippen LogP contribution in [-0.4, -0.2) is 18.6 Å². The molecule has 0 atom stereocenters. The number of nitrogens with zero attached hydrogens (tertiary/aromatic N) is 1. The molecule has 0 spiro atoms. The summed E-state index contributed by atoms with van der Waals surface area (Å²) >= 11 is 1.68. The summed E-state index contributed by atoms with van der Waals surface area (Å²) in [6, 6.07) is 6.21. The SMILES string of the molecule is CCOc1ccc(-c2csc(CNC)n2)cc1C. The van der Waals surface area contributed by atoms with E-state index in [2.05, 4.69) is 34.7 Å². The molecule has 18 heavy (non-hydrogen) atoms. The fraction of sp³-hybridized carbons (Fsp3) is 0.357. The Morgan fingerprint density at radius 3 is 2.89 bits per heavy atom. The van der Waals surface area contributed by atoms with E-state index < -0.39 is 0 Å². The highest BCUT2D eigenvalue weighted by atomic mass is 32.1. The van der Waals surface area contributed by atoms with Crippen molar-refractivity contribution in [1.82, 2.24) is 10.3 Å². The summed E-state index contributed by atoms with van der Waals surface area (Å²) in [6.07, 6.45) is 0. The zero-order valence-corrected chi connectivity index (χ0v) is 11.8. The van der Waals surface area contributed by atoms with Crippen LogP contribution in [0.25, 0.3) is 11.3 Å². The van der Waals surface area contributed by atoms with Crippen molar-refractivity contribution in [2.75, 3.05) is 13.7 Å². The standard InChI is InChI=1S/C14H18N2OS/c1-4-17-13-6-5-11(7-10(13)2)12-9-18-14(16-12)8-15-3/h5-7,9,15H,4,8H2,1-3H3. The van der Waals surface area contributed by atoms with E-state index in [1.54, 1.807) is 11.3 Å². The third-order valence-electron chi connectivity index (χ3n) is 2.65. The largest absolute Gasteiger partial charge is 0.494 e. The van der Waals surface area contributed by atoms with Crippen LogP contribution >= 0.6 is 11.3 Å². The summed E-state index contributed by atoms with van der Waals surface area (Å²) in [6.45, 7) is 5.58. The van der Waals surface area contributed by atoms with Gasteiger partial charge in [0.05, 0.1) is 12.3 Å². The van der Waals surface area contributed by atoms with Gasteiger partial charge in [-0.05, 0) is 44.7 Å². The van der Waals surface area contributed by atoms with Crippen molar-refractivity contribution in [2.45, 2.75) is 20.4 Å². The minimum Gasteiger partial charge on any atom is -0.494 e. The Balaban J connectivity index is 2.24. The lowest BCUT2D eigenvalue weighted by atomic mass is 10.1. The zero-order chi connectivity index (χ0) is 13.0. The van der Waals surface area contributed by atoms with Crippen LogP contribution in [0, 0.1) is 6.92 Å². The number of nitrogens with one attached hydrogen (secondary N) is 1. The Morgan fingerprint density at radius 2 is 2.22 bits per heavy atom. The van der Waals surface area contributed by atoms with Gasteiger partial charge in [0.1, 0.15) is 10.8 Å². The van der Waals surface area contributed by atoms with Gasteiger partial charge in [-0.1, -0.05) is 0 Å². The second-order valence-electron chi connectivity index (χ2n) is 4.07. The predicted octanol–water partition coefficient (Wildman–Crippen LogP) is 3.24. The highest BCUT2D eigenvalue weighted by Gasteiger charge is 2.06. The Hall–Kier alpha value is -1.39. The smallest absolute Gasteiger partial charge is 0.122 e. The molecule has 0 unspecified atom stereocenters. The van der Waals surface area contributed by atoms with E-state index in [1.807, 2.05) is 20.0 Å². The van der Waals surface area contributed by atoms with Crippen LogP contribution in [0.3, 0.4) is 0 Å². The van der Waals surface area contributed by atoms with E-state index in [0.29, 0.717) is 6.61 Å². The van der Waals surface area contributed by atoms with Gasteiger partial charge in [0.25, 0.3) is 0 Å². The van der Waals surface area contributed by atoms with Crippen LogP contribution in [0.4, 0.5) is 0 Å². The molecule has 1 N–H and O–H groups in total. The summed E-state index contributed by atoms with van der Waals surface area (Å²) in [5, 5.41) is 6.32. The molecule has 96 valence electrons. The van der Waals surface area contributed by atoms with Gasteiger partial charge in [-0.15, -0.1) is 11.3 Å². The Morgan fingerprint density at radius 1 is 1.39 bits per heavy atom. The first-order valence-electron chi connectivity index (χ1n) is 6.07. The molecule has 2 rings (SSSR count). The van der Waals surface area contributed by atoms with Gasteiger partial charge in [-0.3, -0.25) is 0 Å². The summed E-state index contributed by atoms with van der Waals surface area (Å²) in [5.41, 5.74) is 3.34. The molecule has 0 aliphatic carbocycles. The Bertz CT molecular complexity index is 522. The molecule has 0 radical (unpaired) electrons. The third-order valence-corrected chi connectivity index (χ3v) is 3.50. The van der Waals surface area contributed by atoms with Crippen LogP contribution in [0.5, 0.6) is 5.75 Å². The fourth-order valence-electron chi connectivity index (χ4n) is 1.80. The monoisotopic (exact) mass is 262 g/mol. The van der Waals surface area contributed by atoms with Gasteiger partial charge in [-0.2, -0.15) is 0 Å². The molecular weight excluding hydrogens is 244 g/mol. The third kappa shape index (κ3) is 2.89. The summed E-state index contributed by atoms with van der Waals surface area (Å²) in [7, 11) is 1.93. The molecule has 0 aliphatic rings. The molecule has 2 aromatic rings. The van der Waals surface area contributed by atoms with Crippen molar-refractivity contribution >= 4 is 11.3 Å². The van der Waals surface area contributed by atoms with E-state index in [1.165, 1.54) is 0 Å². The summed E-state index contributed by atoms with van der Waals surface area (Å²) < 4.78 is 5.54. The topological polar surface area (TPSA) is 34.1 Å². The van der Waals surface area contributed by atoms with E-state index >= 15 is 0 Å². The quantitative estimate of drug-likeness (QED) is 0.898. The highest BCUT2D eigenvalue weighted by molar-refractivity contribution is 7.09. The predicted molar refractivity (Wildman–Crippen MR) is 76.2 cm³/mol. The van der Waals surface area contributed by atoms with E-state index in [-0.39, 0.29) is 0 Å². The van der Waals surface area contributed by atoms with Crippen LogP contribution < -0.4 is 10.1 Å². The first-order valence-corrected chi connectivity index (χ1v) is 6.95. The van der Waals surface area contributed by atoms with Crippen molar-refractivity contribution in [1.29, 1.82) is 0 Å². The summed E-state index contributed by atoms with van der Waals surface area (Å²) in [4.78, 5) is 4.60. The molecule has 1 heterocycles. The van der Waals surface area contributed by atoms with E-state index in [4.69, 9.17) is 4.74 Å². The van der Waals surface area contributed by atoms with Gasteiger partial charge in [0.2, 0.25) is 0 Å². The minimum absolute atomic E-state index is 0.698. The molecule has 4 heteroatoms. The minimum atomic E-state index is 0.698. The van der Waals surface area contributed by atoms with Crippen molar-refractivity contribution in [3.8, 4) is 17.0 Å². The van der Waals surface area contributed by atoms with Gasteiger partial charge >= 0.3 is 0 Å². The molecule has 3 nitrogen and oxygen atoms in total. The number of hydrogen-bond donors (Lipinski definition) is 1. The lowest BCUT2D eigenvalue weighted by molar-refractivity contribution is 0.338. The van der Waals surface area contributed by atoms with Gasteiger partial charge in [0.15, 0.2) is 0 Å². The molecule has 1 aromatic heterocycles. The van der Waals surface area contributed by atoms with Gasteiger partial charge in [0, 0.05) is 17.5 Å². The van der Waals surface area contributed by atoms with Crippen LogP contribution in [0.1, 0.15) is 17.5 Å². The van der Waals surface area contributed by atoms with E-state index in [9.17, 15) is 0 Å². The lowest BCUT2D eigenvalue weighted by Crippen LogP contribution is -2.04. The summed E-state index contributed by atoms with van der Waals surface area (Å²) in [5.74, 6) is 0.951. The normalized spacial score (nSPS) is 10.6. The maximum Gasteiger partial charge on any atom is 0.122 e. The number of aryl methyl sites for hydroxylation is 1. The molecule has 0 saturated carbocycles. The Labute approximate surface area is 112 Å². The number of aromatic nitrogens is 1. The Kier molecular flexibility index (Phi) is 4.33. The second kappa shape index (κ2) is 5.98. The molecular formula is C14H18N2OS. The first-order chi connectivity index (χ1) is 8.74. The van der Waals surface area contributed by atoms with Crippen LogP contribution in [0.2, 0.25) is 0 Å². The van der Waals surface area contributed by atoms with Gasteiger partial charge in [-0.25, -0.2) is 4.98 Å². The number of ether oxygens (including phenoxy) is 1. The molecule has 1 aromatic carbocycles. The number of rotatable bonds is 5. The molecule has 0 aliphatic heterocycles. The maximum atomic E-state index is 5.54. The number of benzene rings is 1. The number of thiazole rings is 1. The molecule has 0 amide bonds. The second-order valence-corrected chi connectivity index (χ2v) is 5.01. The lowest BCUT2D eigenvalue weighted by Gasteiger charge is -2.07. The first kappa shape index (κ1) is 13.1. The van der Waals surface area contributed by atoms with Crippen LogP contribution in [-0.2, 0) is 6.54 Å². The zero-order valence-electron chi connectivity index (χ0n) is 11.0. The van der Waals surface area contributed by atoms with Crippen molar-refractivity contribution in [3.05, 3.63) is 34.2 Å². The molecule has 0 fully saturated rings.